The number of hydrogen-bond acceptors (Lipinski definition) is 2. The van der Waals surface area contributed by atoms with Crippen molar-refractivity contribution in [2.75, 3.05) is 5.73 Å². The molecule has 0 unspecified atom stereocenters. The molecule has 4 heteroatoms. The van der Waals surface area contributed by atoms with Crippen LogP contribution in [0.15, 0.2) is 42.5 Å². The number of nitrogen functional groups attached to an aromatic ring is 1. The highest BCUT2D eigenvalue weighted by Crippen LogP contribution is 2.23. The summed E-state index contributed by atoms with van der Waals surface area (Å²) in [4.78, 5) is 12.0. The molecule has 2 rings (SSSR count). The summed E-state index contributed by atoms with van der Waals surface area (Å²) in [6.45, 7) is 0. The van der Waals surface area contributed by atoms with E-state index in [-0.39, 0.29) is 5.78 Å². The zero-order chi connectivity index (χ0) is 13.8. The highest BCUT2D eigenvalue weighted by atomic mass is 35.5. The Hall–Kier alpha value is -1.51. The number of aryl methyl sites for hydroxylation is 1. The van der Waals surface area contributed by atoms with Gasteiger partial charge in [0.15, 0.2) is 5.78 Å². The molecule has 0 aliphatic carbocycles. The van der Waals surface area contributed by atoms with Crippen molar-refractivity contribution < 1.29 is 4.79 Å². The summed E-state index contributed by atoms with van der Waals surface area (Å²) in [5.41, 5.74) is 8.03. The third-order valence-corrected chi connectivity index (χ3v) is 3.57. The zero-order valence-corrected chi connectivity index (χ0v) is 11.7. The van der Waals surface area contributed by atoms with Gasteiger partial charge >= 0.3 is 0 Å². The summed E-state index contributed by atoms with van der Waals surface area (Å²) in [5.74, 6) is 0.0426. The molecule has 0 aromatic heterocycles. The van der Waals surface area contributed by atoms with Crippen molar-refractivity contribution in [2.24, 2.45) is 0 Å². The van der Waals surface area contributed by atoms with Crippen molar-refractivity contribution in [1.29, 1.82) is 0 Å². The van der Waals surface area contributed by atoms with Crippen LogP contribution in [0.25, 0.3) is 0 Å². The van der Waals surface area contributed by atoms with Gasteiger partial charge in [-0.25, -0.2) is 0 Å². The van der Waals surface area contributed by atoms with E-state index < -0.39 is 0 Å². The summed E-state index contributed by atoms with van der Waals surface area (Å²) in [6, 6.07) is 12.5. The number of carbonyl (C=O) groups is 1. The minimum absolute atomic E-state index is 0.0426. The van der Waals surface area contributed by atoms with Crippen molar-refractivity contribution in [2.45, 2.75) is 12.8 Å². The summed E-state index contributed by atoms with van der Waals surface area (Å²) in [6.07, 6.45) is 1.07. The van der Waals surface area contributed by atoms with Gasteiger partial charge in [-0.1, -0.05) is 35.3 Å². The highest BCUT2D eigenvalue weighted by Gasteiger charge is 2.08. The van der Waals surface area contributed by atoms with Crippen molar-refractivity contribution in [3.63, 3.8) is 0 Å². The lowest BCUT2D eigenvalue weighted by Gasteiger charge is -2.04. The lowest BCUT2D eigenvalue weighted by atomic mass is 10.0. The van der Waals surface area contributed by atoms with Crippen LogP contribution in [0.1, 0.15) is 22.3 Å². The zero-order valence-electron chi connectivity index (χ0n) is 10.2. The van der Waals surface area contributed by atoms with E-state index in [2.05, 4.69) is 0 Å². The minimum Gasteiger partial charge on any atom is -0.399 e. The molecule has 0 amide bonds. The molecular formula is C15H13Cl2NO. The van der Waals surface area contributed by atoms with E-state index in [1.807, 2.05) is 24.3 Å². The Kier molecular flexibility index (Phi) is 4.46. The first-order valence-corrected chi connectivity index (χ1v) is 6.64. The molecule has 98 valence electrons. The van der Waals surface area contributed by atoms with Crippen molar-refractivity contribution in [1.82, 2.24) is 0 Å². The fraction of sp³-hybridized carbons (Fsp3) is 0.133. The molecule has 2 aromatic carbocycles. The van der Waals surface area contributed by atoms with Crippen molar-refractivity contribution in [3.05, 3.63) is 63.6 Å². The molecule has 19 heavy (non-hydrogen) atoms. The second-order valence-corrected chi connectivity index (χ2v) is 5.11. The van der Waals surface area contributed by atoms with Gasteiger partial charge in [-0.2, -0.15) is 0 Å². The monoisotopic (exact) mass is 293 g/mol. The largest absolute Gasteiger partial charge is 0.399 e. The molecule has 0 radical (unpaired) electrons. The van der Waals surface area contributed by atoms with E-state index in [1.165, 1.54) is 0 Å². The predicted octanol–water partition coefficient (Wildman–Crippen LogP) is 4.39. The third kappa shape index (κ3) is 3.72. The standard InChI is InChI=1S/C15H13Cl2NO/c16-13-6-5-11(9-14(13)17)15(19)7-4-10-2-1-3-12(18)8-10/h1-3,5-6,8-9H,4,7,18H2. The predicted molar refractivity (Wildman–Crippen MR) is 80.0 cm³/mol. The number of hydrogen-bond donors (Lipinski definition) is 1. The summed E-state index contributed by atoms with van der Waals surface area (Å²) < 4.78 is 0. The summed E-state index contributed by atoms with van der Waals surface area (Å²) in [5, 5.41) is 0.852. The molecule has 0 heterocycles. The maximum Gasteiger partial charge on any atom is 0.163 e. The van der Waals surface area contributed by atoms with Gasteiger partial charge in [0.2, 0.25) is 0 Å². The van der Waals surface area contributed by atoms with Gasteiger partial charge in [0.05, 0.1) is 10.0 Å². The first-order valence-electron chi connectivity index (χ1n) is 5.89. The van der Waals surface area contributed by atoms with Gasteiger partial charge in [-0.15, -0.1) is 0 Å². The van der Waals surface area contributed by atoms with Crippen molar-refractivity contribution in [3.8, 4) is 0 Å². The number of nitrogens with two attached hydrogens (primary N) is 1. The average Bonchev–Trinajstić information content (AvgIpc) is 2.39. The van der Waals surface area contributed by atoms with Gasteiger partial charge < -0.3 is 5.73 Å². The van der Waals surface area contributed by atoms with Crippen LogP contribution < -0.4 is 5.73 Å². The van der Waals surface area contributed by atoms with Crippen LogP contribution in [-0.4, -0.2) is 5.78 Å². The molecule has 0 aliphatic rings. The fourth-order valence-electron chi connectivity index (χ4n) is 1.82. The Labute approximate surface area is 122 Å². The van der Waals surface area contributed by atoms with Crippen molar-refractivity contribution >= 4 is 34.7 Å². The first-order chi connectivity index (χ1) is 9.06. The van der Waals surface area contributed by atoms with E-state index >= 15 is 0 Å². The molecule has 0 saturated heterocycles. The number of Topliss-reactive ketones (excluding diaryl/α,β-unsaturated/α-hetero) is 1. The number of anilines is 1. The van der Waals surface area contributed by atoms with E-state index in [9.17, 15) is 4.79 Å². The number of halogens is 2. The lowest BCUT2D eigenvalue weighted by molar-refractivity contribution is 0.0983. The van der Waals surface area contributed by atoms with Gasteiger partial charge in [0.25, 0.3) is 0 Å². The van der Waals surface area contributed by atoms with Crippen LogP contribution in [-0.2, 0) is 6.42 Å². The molecule has 2 aromatic rings. The van der Waals surface area contributed by atoms with Crippen LogP contribution in [0.5, 0.6) is 0 Å². The van der Waals surface area contributed by atoms with Gasteiger partial charge in [-0.05, 0) is 42.3 Å². The van der Waals surface area contributed by atoms with Gasteiger partial charge in [0.1, 0.15) is 0 Å². The number of ketones is 1. The molecule has 0 fully saturated rings. The van der Waals surface area contributed by atoms with Gasteiger partial charge in [-0.3, -0.25) is 4.79 Å². The van der Waals surface area contributed by atoms with E-state index in [1.54, 1.807) is 18.2 Å². The number of carbonyl (C=O) groups excluding carboxylic acids is 1. The molecule has 0 atom stereocenters. The maximum atomic E-state index is 12.0. The molecule has 0 aliphatic heterocycles. The topological polar surface area (TPSA) is 43.1 Å². The Balaban J connectivity index is 2.03. The number of benzene rings is 2. The van der Waals surface area contributed by atoms with E-state index in [0.717, 1.165) is 5.56 Å². The maximum absolute atomic E-state index is 12.0. The van der Waals surface area contributed by atoms with E-state index in [4.69, 9.17) is 28.9 Å². The molecule has 0 bridgehead atoms. The Morgan fingerprint density at radius 3 is 2.53 bits per heavy atom. The minimum atomic E-state index is 0.0426. The Bertz CT molecular complexity index is 611. The fourth-order valence-corrected chi connectivity index (χ4v) is 2.12. The molecule has 0 spiro atoms. The Morgan fingerprint density at radius 2 is 1.84 bits per heavy atom. The Morgan fingerprint density at radius 1 is 1.05 bits per heavy atom. The summed E-state index contributed by atoms with van der Waals surface area (Å²) in [7, 11) is 0. The van der Waals surface area contributed by atoms with Crippen LogP contribution in [0.2, 0.25) is 10.0 Å². The normalized spacial score (nSPS) is 10.4. The van der Waals surface area contributed by atoms with Crippen LogP contribution in [0, 0.1) is 0 Å². The highest BCUT2D eigenvalue weighted by molar-refractivity contribution is 6.42. The van der Waals surface area contributed by atoms with Gasteiger partial charge in [0, 0.05) is 17.7 Å². The van der Waals surface area contributed by atoms with Crippen LogP contribution in [0.4, 0.5) is 5.69 Å². The third-order valence-electron chi connectivity index (χ3n) is 2.83. The smallest absolute Gasteiger partial charge is 0.163 e. The van der Waals surface area contributed by atoms with Crippen LogP contribution >= 0.6 is 23.2 Å². The molecule has 2 N–H and O–H groups in total. The quantitative estimate of drug-likeness (QED) is 0.671. The summed E-state index contributed by atoms with van der Waals surface area (Å²) >= 11 is 11.7. The second-order valence-electron chi connectivity index (χ2n) is 4.30. The molecule has 2 nitrogen and oxygen atoms in total. The lowest BCUT2D eigenvalue weighted by Crippen LogP contribution is -2.01. The SMILES string of the molecule is Nc1cccc(CCC(=O)c2ccc(Cl)c(Cl)c2)c1. The first kappa shape index (κ1) is 13.9. The number of rotatable bonds is 4. The second kappa shape index (κ2) is 6.09. The van der Waals surface area contributed by atoms with Crippen LogP contribution in [0.3, 0.4) is 0 Å². The van der Waals surface area contributed by atoms with E-state index in [0.29, 0.717) is 34.1 Å². The molecule has 0 saturated carbocycles. The average molecular weight is 294 g/mol. The molecular weight excluding hydrogens is 281 g/mol.